The van der Waals surface area contributed by atoms with Gasteiger partial charge in [-0.25, -0.2) is 0 Å². The van der Waals surface area contributed by atoms with Gasteiger partial charge >= 0.3 is 5.97 Å². The number of nitrogens with one attached hydrogen (secondary N) is 3. The molecule has 0 aliphatic carbocycles. The van der Waals surface area contributed by atoms with Gasteiger partial charge in [-0.3, -0.25) is 14.4 Å². The number of carbonyl (C=O) groups excluding carboxylic acids is 3. The van der Waals surface area contributed by atoms with Crippen molar-refractivity contribution in [1.82, 2.24) is 5.32 Å². The third kappa shape index (κ3) is 4.70. The lowest BCUT2D eigenvalue weighted by molar-refractivity contribution is -0.142. The molecule has 0 unspecified atom stereocenters. The number of rotatable bonds is 5. The Kier molecular flexibility index (Phi) is 6.08. The number of hydrazone groups is 1. The van der Waals surface area contributed by atoms with E-state index >= 15 is 0 Å². The van der Waals surface area contributed by atoms with Crippen LogP contribution < -0.4 is 21.8 Å². The highest BCUT2D eigenvalue weighted by Gasteiger charge is 2.27. The molecule has 9 heteroatoms. The van der Waals surface area contributed by atoms with Gasteiger partial charge in [0.25, 0.3) is 5.91 Å². The minimum Gasteiger partial charge on any atom is -0.469 e. The lowest BCUT2D eigenvalue weighted by Crippen LogP contribution is -2.38. The summed E-state index contributed by atoms with van der Waals surface area (Å²) in [5.74, 6) is 3.98. The second-order valence-electron chi connectivity index (χ2n) is 6.39. The molecule has 2 aromatic carbocycles. The van der Waals surface area contributed by atoms with Crippen LogP contribution in [0, 0.1) is 0 Å². The molecule has 1 aliphatic rings. The van der Waals surface area contributed by atoms with Gasteiger partial charge in [0.15, 0.2) is 0 Å². The van der Waals surface area contributed by atoms with E-state index < -0.39 is 12.0 Å². The van der Waals surface area contributed by atoms with E-state index in [1.807, 2.05) is 6.07 Å². The molecule has 2 aromatic rings. The summed E-state index contributed by atoms with van der Waals surface area (Å²) >= 11 is 0. The molecule has 0 fully saturated rings. The largest absolute Gasteiger partial charge is 0.469 e. The van der Waals surface area contributed by atoms with E-state index in [4.69, 9.17) is 5.84 Å². The fraction of sp³-hybridized carbons (Fsp3) is 0.200. The Balaban J connectivity index is 1.83. The zero-order valence-corrected chi connectivity index (χ0v) is 15.8. The number of amides is 2. The van der Waals surface area contributed by atoms with Gasteiger partial charge in [-0.2, -0.15) is 5.10 Å². The maximum absolute atomic E-state index is 12.7. The molecule has 29 heavy (non-hydrogen) atoms. The minimum atomic E-state index is -0.809. The Morgan fingerprint density at radius 2 is 2.03 bits per heavy atom. The molecule has 5 N–H and O–H groups in total. The van der Waals surface area contributed by atoms with E-state index in [0.717, 1.165) is 11.1 Å². The lowest BCUT2D eigenvalue weighted by Gasteiger charge is -2.18. The highest BCUT2D eigenvalue weighted by Crippen LogP contribution is 2.29. The van der Waals surface area contributed by atoms with Crippen LogP contribution in [0.2, 0.25) is 0 Å². The van der Waals surface area contributed by atoms with Crippen LogP contribution >= 0.6 is 0 Å². The number of hydrogen-bond donors (Lipinski definition) is 4. The molecule has 0 bridgehead atoms. The van der Waals surface area contributed by atoms with Gasteiger partial charge in [-0.1, -0.05) is 24.3 Å². The number of hydrogen-bond acceptors (Lipinski definition) is 7. The second kappa shape index (κ2) is 8.87. The van der Waals surface area contributed by atoms with E-state index in [0.29, 0.717) is 16.9 Å². The smallest absolute Gasteiger partial charge is 0.308 e. The first-order chi connectivity index (χ1) is 14.0. The highest BCUT2D eigenvalue weighted by atomic mass is 16.5. The summed E-state index contributed by atoms with van der Waals surface area (Å²) in [4.78, 5) is 36.6. The van der Waals surface area contributed by atoms with Crippen molar-refractivity contribution in [1.29, 1.82) is 0 Å². The van der Waals surface area contributed by atoms with Crippen LogP contribution in [0.15, 0.2) is 47.6 Å². The number of anilines is 2. The second-order valence-corrected chi connectivity index (χ2v) is 6.39. The summed E-state index contributed by atoms with van der Waals surface area (Å²) in [5.41, 5.74) is 3.10. The summed E-state index contributed by atoms with van der Waals surface area (Å²) < 4.78 is 4.66. The van der Waals surface area contributed by atoms with Crippen molar-refractivity contribution in [3.8, 4) is 0 Å². The molecule has 9 nitrogen and oxygen atoms in total. The number of carbonyl (C=O) groups is 3. The number of methoxy groups -OCH3 is 1. The first-order valence-corrected chi connectivity index (χ1v) is 8.89. The summed E-state index contributed by atoms with van der Waals surface area (Å²) in [5, 5.41) is 12.1. The molecule has 2 amide bonds. The number of ether oxygens (including phenoxy) is 1. The highest BCUT2D eigenvalue weighted by molar-refractivity contribution is 6.07. The molecule has 0 radical (unpaired) electrons. The number of para-hydroxylation sites is 1. The van der Waals surface area contributed by atoms with Crippen molar-refractivity contribution < 1.29 is 19.1 Å². The summed E-state index contributed by atoms with van der Waals surface area (Å²) in [6.45, 7) is 0.273. The molecule has 1 heterocycles. The first-order valence-electron chi connectivity index (χ1n) is 8.89. The number of nitrogens with zero attached hydrogens (tertiary/aromatic N) is 1. The number of benzene rings is 2. The van der Waals surface area contributed by atoms with Crippen LogP contribution in [0.5, 0.6) is 0 Å². The summed E-state index contributed by atoms with van der Waals surface area (Å²) in [6, 6.07) is 11.3. The third-order valence-corrected chi connectivity index (χ3v) is 4.48. The Hall–Kier alpha value is -3.88. The molecule has 3 rings (SSSR count). The van der Waals surface area contributed by atoms with E-state index in [1.54, 1.807) is 36.4 Å². The first kappa shape index (κ1) is 19.9. The van der Waals surface area contributed by atoms with Gasteiger partial charge < -0.3 is 26.5 Å². The van der Waals surface area contributed by atoms with E-state index in [9.17, 15) is 14.4 Å². The van der Waals surface area contributed by atoms with Crippen molar-refractivity contribution in [2.75, 3.05) is 17.7 Å². The van der Waals surface area contributed by atoms with E-state index in [1.165, 1.54) is 13.3 Å². The fourth-order valence-corrected chi connectivity index (χ4v) is 2.96. The number of esters is 1. The Morgan fingerprint density at radius 3 is 2.72 bits per heavy atom. The van der Waals surface area contributed by atoms with Crippen molar-refractivity contribution in [2.24, 2.45) is 10.9 Å². The minimum absolute atomic E-state index is 0.131. The van der Waals surface area contributed by atoms with Crippen molar-refractivity contribution >= 4 is 35.4 Å². The van der Waals surface area contributed by atoms with Gasteiger partial charge in [0.2, 0.25) is 5.91 Å². The SMILES string of the molecule is COC(=O)C[C@@H]1Nc2c(cccc2NC(=O)c2ccc(C=NN)cc2)CNC1=O. The molecule has 0 aromatic heterocycles. The van der Waals surface area contributed by atoms with E-state index in [2.05, 4.69) is 25.8 Å². The number of fused-ring (bicyclic) bond motifs is 1. The molecule has 0 saturated heterocycles. The molecular formula is C20H21N5O4. The van der Waals surface area contributed by atoms with E-state index in [-0.39, 0.29) is 24.8 Å². The average molecular weight is 395 g/mol. The zero-order valence-electron chi connectivity index (χ0n) is 15.8. The van der Waals surface area contributed by atoms with Gasteiger partial charge in [-0.05, 0) is 29.3 Å². The Bertz CT molecular complexity index is 956. The van der Waals surface area contributed by atoms with Gasteiger partial charge in [0.05, 0.1) is 31.1 Å². The topological polar surface area (TPSA) is 135 Å². The maximum Gasteiger partial charge on any atom is 0.308 e. The van der Waals surface area contributed by atoms with Crippen LogP contribution in [0.3, 0.4) is 0 Å². The molecule has 0 saturated carbocycles. The maximum atomic E-state index is 12.7. The van der Waals surface area contributed by atoms with Crippen LogP contribution in [0.4, 0.5) is 11.4 Å². The zero-order chi connectivity index (χ0) is 20.8. The molecule has 0 spiro atoms. The quantitative estimate of drug-likeness (QED) is 0.260. The van der Waals surface area contributed by atoms with Crippen molar-refractivity contribution in [3.63, 3.8) is 0 Å². The lowest BCUT2D eigenvalue weighted by atomic mass is 10.1. The van der Waals surface area contributed by atoms with Crippen LogP contribution in [-0.4, -0.2) is 37.1 Å². The predicted molar refractivity (Wildman–Crippen MR) is 109 cm³/mol. The number of nitrogens with two attached hydrogens (primary N) is 1. The van der Waals surface area contributed by atoms with Crippen molar-refractivity contribution in [2.45, 2.75) is 19.0 Å². The van der Waals surface area contributed by atoms with Gasteiger partial charge in [0, 0.05) is 12.1 Å². The average Bonchev–Trinajstić information content (AvgIpc) is 2.88. The predicted octanol–water partition coefficient (Wildman–Crippen LogP) is 1.20. The molecule has 1 atom stereocenters. The standard InChI is InChI=1S/C20H21N5O4/c1-29-17(26)9-16-20(28)22-11-14-3-2-4-15(18(14)24-16)25-19(27)13-7-5-12(6-8-13)10-23-21/h2-8,10,16,24H,9,11,21H2,1H3,(H,22,28)(H,25,27)/t16-/m0/s1. The van der Waals surface area contributed by atoms with Gasteiger partial charge in [-0.15, -0.1) is 0 Å². The fourth-order valence-electron chi connectivity index (χ4n) is 2.96. The van der Waals surface area contributed by atoms with Crippen LogP contribution in [0.1, 0.15) is 27.9 Å². The Morgan fingerprint density at radius 1 is 1.28 bits per heavy atom. The molecule has 1 aliphatic heterocycles. The monoisotopic (exact) mass is 395 g/mol. The molecular weight excluding hydrogens is 374 g/mol. The summed E-state index contributed by atoms with van der Waals surface area (Å²) in [7, 11) is 1.27. The van der Waals surface area contributed by atoms with Gasteiger partial charge in [0.1, 0.15) is 6.04 Å². The summed E-state index contributed by atoms with van der Waals surface area (Å²) in [6.07, 6.45) is 1.35. The third-order valence-electron chi connectivity index (χ3n) is 4.48. The molecule has 150 valence electrons. The Labute approximate surface area is 167 Å². The normalized spacial score (nSPS) is 15.6. The van der Waals surface area contributed by atoms with Crippen LogP contribution in [-0.2, 0) is 20.9 Å². The van der Waals surface area contributed by atoms with Crippen LogP contribution in [0.25, 0.3) is 0 Å². The van der Waals surface area contributed by atoms with Crippen molar-refractivity contribution in [3.05, 3.63) is 59.2 Å².